The van der Waals surface area contributed by atoms with Crippen molar-refractivity contribution in [2.24, 2.45) is 5.16 Å². The minimum absolute atomic E-state index is 0.00840. The summed E-state index contributed by atoms with van der Waals surface area (Å²) >= 11 is 1.54. The molecule has 3 aromatic rings. The molecule has 0 N–H and O–H groups in total. The number of oxime groups is 1. The summed E-state index contributed by atoms with van der Waals surface area (Å²) < 4.78 is 0. The molecule has 0 radical (unpaired) electrons. The molecule has 0 aliphatic heterocycles. The van der Waals surface area contributed by atoms with E-state index in [0.29, 0.717) is 23.1 Å². The molecule has 6 heteroatoms. The highest BCUT2D eigenvalue weighted by Gasteiger charge is 2.16. The Morgan fingerprint density at radius 2 is 1.31 bits per heavy atom. The average molecular weight is 488 g/mol. The first-order valence-electron chi connectivity index (χ1n) is 11.7. The third-order valence-corrected chi connectivity index (χ3v) is 6.33. The van der Waals surface area contributed by atoms with Crippen molar-refractivity contribution < 1.29 is 19.2 Å². The van der Waals surface area contributed by atoms with E-state index in [-0.39, 0.29) is 17.3 Å². The van der Waals surface area contributed by atoms with Gasteiger partial charge in [-0.05, 0) is 61.4 Å². The number of benzene rings is 3. The number of carbonyl (C=O) groups is 3. The Labute approximate surface area is 210 Å². The van der Waals surface area contributed by atoms with E-state index in [2.05, 4.69) is 12.1 Å². The molecular weight excluding hydrogens is 458 g/mol. The van der Waals surface area contributed by atoms with Crippen LogP contribution in [0.4, 0.5) is 0 Å². The van der Waals surface area contributed by atoms with Crippen LogP contribution in [-0.2, 0) is 9.63 Å². The van der Waals surface area contributed by atoms with Crippen LogP contribution < -0.4 is 0 Å². The van der Waals surface area contributed by atoms with Crippen LogP contribution in [-0.4, -0.2) is 23.2 Å². The van der Waals surface area contributed by atoms with Crippen LogP contribution in [0.25, 0.3) is 0 Å². The number of hydrogen-bond acceptors (Lipinski definition) is 6. The lowest BCUT2D eigenvalue weighted by molar-refractivity contribution is -0.140. The van der Waals surface area contributed by atoms with Gasteiger partial charge < -0.3 is 4.84 Å². The fourth-order valence-corrected chi connectivity index (χ4v) is 4.26. The second kappa shape index (κ2) is 13.4. The Morgan fingerprint density at radius 1 is 0.743 bits per heavy atom. The van der Waals surface area contributed by atoms with Gasteiger partial charge in [0.1, 0.15) is 5.71 Å². The fraction of sp³-hybridized carbons (Fsp3) is 0.241. The maximum atomic E-state index is 12.9. The number of nitrogens with zero attached hydrogens (tertiary/aromatic N) is 1. The first kappa shape index (κ1) is 26.1. The van der Waals surface area contributed by atoms with Gasteiger partial charge in [-0.25, -0.2) is 4.79 Å². The molecule has 0 atom stereocenters. The Bertz CT molecular complexity index is 1170. The lowest BCUT2D eigenvalue weighted by Gasteiger charge is -2.07. The maximum absolute atomic E-state index is 12.9. The zero-order valence-corrected chi connectivity index (χ0v) is 20.8. The van der Waals surface area contributed by atoms with Crippen molar-refractivity contribution in [1.82, 2.24) is 0 Å². The molecule has 0 aliphatic rings. The number of unbranched alkanes of at least 4 members (excludes halogenated alkanes) is 3. The number of carbonyl (C=O) groups excluding carboxylic acids is 3. The number of rotatable bonds is 12. The van der Waals surface area contributed by atoms with Crippen LogP contribution in [0, 0.1) is 0 Å². The predicted molar refractivity (Wildman–Crippen MR) is 139 cm³/mol. The first-order chi connectivity index (χ1) is 17.0. The summed E-state index contributed by atoms with van der Waals surface area (Å²) in [5.74, 6) is -0.791. The average Bonchev–Trinajstić information content (AvgIpc) is 2.89. The van der Waals surface area contributed by atoms with Gasteiger partial charge in [-0.2, -0.15) is 0 Å². The molecule has 0 aromatic heterocycles. The van der Waals surface area contributed by atoms with Gasteiger partial charge in [0.05, 0.1) is 0 Å². The molecule has 180 valence electrons. The van der Waals surface area contributed by atoms with Gasteiger partial charge >= 0.3 is 5.97 Å². The van der Waals surface area contributed by atoms with Crippen molar-refractivity contribution in [2.75, 3.05) is 0 Å². The third-order valence-electron chi connectivity index (χ3n) is 5.32. The van der Waals surface area contributed by atoms with E-state index in [0.717, 1.165) is 35.5 Å². The smallest absolute Gasteiger partial charge is 0.318 e. The van der Waals surface area contributed by atoms with E-state index < -0.39 is 5.97 Å². The van der Waals surface area contributed by atoms with Crippen LogP contribution in [0.5, 0.6) is 0 Å². The molecule has 5 nitrogen and oxygen atoms in total. The van der Waals surface area contributed by atoms with Gasteiger partial charge in [-0.1, -0.05) is 73.4 Å². The van der Waals surface area contributed by atoms with Crippen molar-refractivity contribution >= 4 is 35.0 Å². The predicted octanol–water partition coefficient (Wildman–Crippen LogP) is 7.14. The standard InChI is InChI=1S/C29H29NO4S/c1-3-4-5-9-12-27(30-34-21(2)31)29(33)24-15-19-26(20-16-24)35-25-17-13-23(14-18-25)28(32)22-10-7-6-8-11-22/h6-8,10-11,13-20H,3-5,9,12H2,1-2H3. The Kier molecular flexibility index (Phi) is 9.99. The normalized spacial score (nSPS) is 11.2. The minimum atomic E-state index is -0.549. The molecule has 0 fully saturated rings. The monoisotopic (exact) mass is 487 g/mol. The molecule has 0 saturated heterocycles. The minimum Gasteiger partial charge on any atom is -0.318 e. The van der Waals surface area contributed by atoms with E-state index >= 15 is 0 Å². The molecule has 0 unspecified atom stereocenters. The third kappa shape index (κ3) is 8.04. The van der Waals surface area contributed by atoms with E-state index in [1.807, 2.05) is 54.6 Å². The molecule has 0 spiro atoms. The topological polar surface area (TPSA) is 72.8 Å². The lowest BCUT2D eigenvalue weighted by Crippen LogP contribution is -2.16. The van der Waals surface area contributed by atoms with Crippen LogP contribution in [0.1, 0.15) is 72.2 Å². The van der Waals surface area contributed by atoms with E-state index in [4.69, 9.17) is 4.84 Å². The van der Waals surface area contributed by atoms with E-state index in [1.165, 1.54) is 6.92 Å². The molecule has 0 bridgehead atoms. The summed E-state index contributed by atoms with van der Waals surface area (Å²) in [7, 11) is 0. The molecule has 0 saturated carbocycles. The molecule has 0 aliphatic carbocycles. The van der Waals surface area contributed by atoms with Gasteiger partial charge in [0.2, 0.25) is 5.78 Å². The highest BCUT2D eigenvalue weighted by Crippen LogP contribution is 2.28. The zero-order chi connectivity index (χ0) is 25.0. The van der Waals surface area contributed by atoms with Crippen molar-refractivity contribution in [3.8, 4) is 0 Å². The number of ketones is 2. The second-order valence-electron chi connectivity index (χ2n) is 8.11. The van der Waals surface area contributed by atoms with Crippen LogP contribution >= 0.6 is 11.8 Å². The summed E-state index contributed by atoms with van der Waals surface area (Å²) in [5, 5.41) is 3.82. The fourth-order valence-electron chi connectivity index (χ4n) is 3.45. The van der Waals surface area contributed by atoms with Crippen molar-refractivity contribution in [3.05, 3.63) is 95.6 Å². The Morgan fingerprint density at radius 3 is 1.89 bits per heavy atom. The zero-order valence-electron chi connectivity index (χ0n) is 20.0. The highest BCUT2D eigenvalue weighted by molar-refractivity contribution is 7.99. The molecule has 0 heterocycles. The van der Waals surface area contributed by atoms with Crippen molar-refractivity contribution in [2.45, 2.75) is 55.7 Å². The SMILES string of the molecule is CCCCCCC(=NOC(C)=O)C(=O)c1ccc(Sc2ccc(C(=O)c3ccccc3)cc2)cc1. The van der Waals surface area contributed by atoms with Crippen LogP contribution in [0.2, 0.25) is 0 Å². The molecule has 0 amide bonds. The van der Waals surface area contributed by atoms with E-state index in [1.54, 1.807) is 36.0 Å². The maximum Gasteiger partial charge on any atom is 0.331 e. The van der Waals surface area contributed by atoms with Gasteiger partial charge in [-0.3, -0.25) is 9.59 Å². The van der Waals surface area contributed by atoms with Gasteiger partial charge in [0, 0.05) is 33.4 Å². The summed E-state index contributed by atoms with van der Waals surface area (Å²) in [5.41, 5.74) is 2.06. The van der Waals surface area contributed by atoms with Crippen LogP contribution in [0.15, 0.2) is 93.8 Å². The first-order valence-corrected chi connectivity index (χ1v) is 12.6. The van der Waals surface area contributed by atoms with Crippen molar-refractivity contribution in [3.63, 3.8) is 0 Å². The lowest BCUT2D eigenvalue weighted by atomic mass is 10.0. The highest BCUT2D eigenvalue weighted by atomic mass is 32.2. The Hall–Kier alpha value is -3.51. The second-order valence-corrected chi connectivity index (χ2v) is 9.25. The summed E-state index contributed by atoms with van der Waals surface area (Å²) in [6.07, 6.45) is 4.46. The van der Waals surface area contributed by atoms with Gasteiger partial charge in [0.25, 0.3) is 0 Å². The quantitative estimate of drug-likeness (QED) is 0.0892. The largest absolute Gasteiger partial charge is 0.331 e. The van der Waals surface area contributed by atoms with E-state index in [9.17, 15) is 14.4 Å². The molecule has 3 aromatic carbocycles. The molecule has 3 rings (SSSR count). The van der Waals surface area contributed by atoms with Gasteiger partial charge in [0.15, 0.2) is 5.78 Å². The summed E-state index contributed by atoms with van der Waals surface area (Å²) in [6.45, 7) is 3.38. The number of Topliss-reactive ketones (excluding diaryl/α,β-unsaturated/α-hetero) is 1. The van der Waals surface area contributed by atoms with Crippen molar-refractivity contribution in [1.29, 1.82) is 0 Å². The van der Waals surface area contributed by atoms with Crippen LogP contribution in [0.3, 0.4) is 0 Å². The van der Waals surface area contributed by atoms with Gasteiger partial charge in [-0.15, -0.1) is 0 Å². The Balaban J connectivity index is 1.65. The number of hydrogen-bond donors (Lipinski definition) is 0. The molecular formula is C29H29NO4S. The molecule has 35 heavy (non-hydrogen) atoms. The summed E-state index contributed by atoms with van der Waals surface area (Å²) in [4.78, 5) is 43.4. The summed E-state index contributed by atoms with van der Waals surface area (Å²) in [6, 6.07) is 24.0.